The molecule has 0 bridgehead atoms. The number of esters is 3. The molecule has 1 aliphatic carbocycles. The average Bonchev–Trinajstić information content (AvgIpc) is 2.86. The monoisotopic (exact) mass is 498 g/mol. The van der Waals surface area contributed by atoms with Crippen LogP contribution in [0.1, 0.15) is 57.5 Å². The summed E-state index contributed by atoms with van der Waals surface area (Å²) in [5, 5.41) is 9.86. The van der Waals surface area contributed by atoms with Crippen molar-refractivity contribution < 1.29 is 43.2 Å². The van der Waals surface area contributed by atoms with Crippen LogP contribution >= 0.6 is 0 Å². The van der Waals surface area contributed by atoms with Gasteiger partial charge >= 0.3 is 23.9 Å². The molecule has 0 spiro atoms. The van der Waals surface area contributed by atoms with Crippen molar-refractivity contribution in [3.05, 3.63) is 70.8 Å². The number of hydrogen-bond donors (Lipinski definition) is 1. The Morgan fingerprint density at radius 1 is 0.750 bits per heavy atom. The van der Waals surface area contributed by atoms with E-state index in [1.807, 2.05) is 13.8 Å². The Morgan fingerprint density at radius 3 is 1.64 bits per heavy atom. The molecular weight excluding hydrogens is 468 g/mol. The minimum atomic E-state index is -2.13. The number of benzene rings is 2. The molecule has 1 fully saturated rings. The number of hydrogen-bond acceptors (Lipinski definition) is 8. The standard InChI is InChI=1S/C27H30O9/c1-16-8-12-18(13-9-16)25(30)35-22(24(28)29)23(36-26(31)19-14-10-17(2)11-15-19)27(32)34-21-7-5-4-6-20(21)33-3/h8-15,20-23H,4-7H2,1-3H3,(H,28,29)/t20?,21-,22-,23-/m1/s1. The SMILES string of the molecule is COC1CCCC[C@H]1OC(=O)[C@H](OC(=O)c1ccc(C)cc1)[C@@H](OC(=O)c1ccc(C)cc1)C(=O)O. The highest BCUT2D eigenvalue weighted by Crippen LogP contribution is 2.25. The van der Waals surface area contributed by atoms with Crippen LogP contribution in [0.15, 0.2) is 48.5 Å². The highest BCUT2D eigenvalue weighted by atomic mass is 16.6. The third kappa shape index (κ3) is 6.91. The molecule has 9 heteroatoms. The lowest BCUT2D eigenvalue weighted by Gasteiger charge is -2.31. The van der Waals surface area contributed by atoms with Gasteiger partial charge in [0.2, 0.25) is 12.2 Å². The van der Waals surface area contributed by atoms with Crippen LogP contribution in [-0.4, -0.2) is 60.5 Å². The van der Waals surface area contributed by atoms with Gasteiger partial charge in [-0.2, -0.15) is 0 Å². The fraction of sp³-hybridized carbons (Fsp3) is 0.407. The maximum atomic E-state index is 13.2. The predicted octanol–water partition coefficient (Wildman–Crippen LogP) is 3.64. The van der Waals surface area contributed by atoms with Crippen LogP contribution in [0.25, 0.3) is 0 Å². The van der Waals surface area contributed by atoms with E-state index in [9.17, 15) is 24.3 Å². The molecule has 36 heavy (non-hydrogen) atoms. The molecule has 4 atom stereocenters. The van der Waals surface area contributed by atoms with E-state index in [4.69, 9.17) is 18.9 Å². The molecule has 1 saturated carbocycles. The molecule has 0 saturated heterocycles. The van der Waals surface area contributed by atoms with Crippen LogP contribution in [0.3, 0.4) is 0 Å². The van der Waals surface area contributed by atoms with E-state index in [1.165, 1.54) is 31.4 Å². The van der Waals surface area contributed by atoms with Crippen molar-refractivity contribution in [2.24, 2.45) is 0 Å². The molecule has 9 nitrogen and oxygen atoms in total. The van der Waals surface area contributed by atoms with Gasteiger partial charge in [-0.25, -0.2) is 19.2 Å². The summed E-state index contributed by atoms with van der Waals surface area (Å²) in [4.78, 5) is 50.8. The van der Waals surface area contributed by atoms with Crippen LogP contribution in [0.4, 0.5) is 0 Å². The second kappa shape index (κ2) is 12.3. The number of carboxylic acid groups (broad SMARTS) is 1. The van der Waals surface area contributed by atoms with E-state index in [-0.39, 0.29) is 17.2 Å². The molecule has 0 aliphatic heterocycles. The summed E-state index contributed by atoms with van der Waals surface area (Å²) >= 11 is 0. The minimum Gasteiger partial charge on any atom is -0.478 e. The smallest absolute Gasteiger partial charge is 0.352 e. The Kier molecular flexibility index (Phi) is 9.19. The molecule has 1 aliphatic rings. The van der Waals surface area contributed by atoms with Gasteiger partial charge in [0.1, 0.15) is 6.10 Å². The lowest BCUT2D eigenvalue weighted by Crippen LogP contribution is -2.48. The summed E-state index contributed by atoms with van der Waals surface area (Å²) in [6, 6.07) is 12.5. The normalized spacial score (nSPS) is 19.0. The molecule has 1 N–H and O–H groups in total. The summed E-state index contributed by atoms with van der Waals surface area (Å²) in [5.74, 6) is -4.74. The van der Waals surface area contributed by atoms with Gasteiger partial charge in [-0.3, -0.25) is 0 Å². The molecular formula is C27H30O9. The molecule has 0 aromatic heterocycles. The molecule has 2 aromatic carbocycles. The van der Waals surface area contributed by atoms with Crippen molar-refractivity contribution in [3.63, 3.8) is 0 Å². The number of aryl methyl sites for hydroxylation is 2. The van der Waals surface area contributed by atoms with Crippen molar-refractivity contribution in [1.82, 2.24) is 0 Å². The lowest BCUT2D eigenvalue weighted by molar-refractivity contribution is -0.180. The van der Waals surface area contributed by atoms with E-state index >= 15 is 0 Å². The Hall–Kier alpha value is -3.72. The maximum absolute atomic E-state index is 13.2. The summed E-state index contributed by atoms with van der Waals surface area (Å²) in [6.45, 7) is 3.65. The summed E-state index contributed by atoms with van der Waals surface area (Å²) in [6.07, 6.45) is -2.36. The number of methoxy groups -OCH3 is 1. The molecule has 0 heterocycles. The fourth-order valence-corrected chi connectivity index (χ4v) is 3.90. The highest BCUT2D eigenvalue weighted by molar-refractivity contribution is 5.95. The van der Waals surface area contributed by atoms with Crippen molar-refractivity contribution >= 4 is 23.9 Å². The molecule has 0 amide bonds. The number of carbonyl (C=O) groups is 4. The van der Waals surface area contributed by atoms with Gasteiger partial charge in [0.25, 0.3) is 0 Å². The van der Waals surface area contributed by atoms with Gasteiger partial charge < -0.3 is 24.1 Å². The van der Waals surface area contributed by atoms with Gasteiger partial charge in [-0.1, -0.05) is 41.8 Å². The molecule has 1 unspecified atom stereocenters. The second-order valence-corrected chi connectivity index (χ2v) is 8.76. The van der Waals surface area contributed by atoms with Crippen molar-refractivity contribution in [3.8, 4) is 0 Å². The third-order valence-electron chi connectivity index (χ3n) is 6.01. The second-order valence-electron chi connectivity index (χ2n) is 8.76. The van der Waals surface area contributed by atoms with Gasteiger partial charge in [-0.05, 0) is 57.4 Å². The van der Waals surface area contributed by atoms with Crippen LogP contribution in [0.2, 0.25) is 0 Å². The largest absolute Gasteiger partial charge is 0.478 e. The number of ether oxygens (including phenoxy) is 4. The first kappa shape index (κ1) is 26.9. The van der Waals surface area contributed by atoms with E-state index in [1.54, 1.807) is 24.3 Å². The van der Waals surface area contributed by atoms with Crippen LogP contribution in [-0.2, 0) is 28.5 Å². The minimum absolute atomic E-state index is 0.0792. The zero-order valence-corrected chi connectivity index (χ0v) is 20.5. The first-order valence-corrected chi connectivity index (χ1v) is 11.7. The highest BCUT2D eigenvalue weighted by Gasteiger charge is 2.43. The summed E-state index contributed by atoms with van der Waals surface area (Å²) in [7, 11) is 1.50. The number of carbonyl (C=O) groups excluding carboxylic acids is 3. The molecule has 2 aromatic rings. The fourth-order valence-electron chi connectivity index (χ4n) is 3.90. The Bertz CT molecular complexity index is 1080. The third-order valence-corrected chi connectivity index (χ3v) is 6.01. The quantitative estimate of drug-likeness (QED) is 0.407. The van der Waals surface area contributed by atoms with Crippen molar-refractivity contribution in [2.75, 3.05) is 7.11 Å². The molecule has 0 radical (unpaired) electrons. The summed E-state index contributed by atoms with van der Waals surface area (Å²) in [5.41, 5.74) is 1.95. The van der Waals surface area contributed by atoms with E-state index in [2.05, 4.69) is 0 Å². The first-order valence-electron chi connectivity index (χ1n) is 11.7. The molecule has 192 valence electrons. The number of rotatable bonds is 9. The average molecular weight is 499 g/mol. The van der Waals surface area contributed by atoms with Crippen LogP contribution in [0, 0.1) is 13.8 Å². The van der Waals surface area contributed by atoms with E-state index in [0.29, 0.717) is 12.8 Å². The van der Waals surface area contributed by atoms with E-state index in [0.717, 1.165) is 24.0 Å². The van der Waals surface area contributed by atoms with Gasteiger partial charge in [0, 0.05) is 7.11 Å². The van der Waals surface area contributed by atoms with Crippen LogP contribution < -0.4 is 0 Å². The molecule has 3 rings (SSSR count). The maximum Gasteiger partial charge on any atom is 0.352 e. The number of aliphatic carboxylic acids is 1. The van der Waals surface area contributed by atoms with Gasteiger partial charge in [-0.15, -0.1) is 0 Å². The Morgan fingerprint density at radius 2 is 1.19 bits per heavy atom. The van der Waals surface area contributed by atoms with Gasteiger partial charge in [0.05, 0.1) is 17.2 Å². The summed E-state index contributed by atoms with van der Waals surface area (Å²) < 4.78 is 21.4. The lowest BCUT2D eigenvalue weighted by atomic mass is 9.94. The van der Waals surface area contributed by atoms with E-state index < -0.39 is 42.2 Å². The van der Waals surface area contributed by atoms with Gasteiger partial charge in [0.15, 0.2) is 0 Å². The van der Waals surface area contributed by atoms with Crippen LogP contribution in [0.5, 0.6) is 0 Å². The zero-order chi connectivity index (χ0) is 26.2. The zero-order valence-electron chi connectivity index (χ0n) is 20.5. The topological polar surface area (TPSA) is 125 Å². The van der Waals surface area contributed by atoms with Crippen molar-refractivity contribution in [1.29, 1.82) is 0 Å². The number of carboxylic acids is 1. The predicted molar refractivity (Wildman–Crippen MR) is 128 cm³/mol. The Labute approximate surface area is 209 Å². The van der Waals surface area contributed by atoms with Crippen molar-refractivity contribution in [2.45, 2.75) is 63.9 Å². The first-order chi connectivity index (χ1) is 17.2. The Balaban J connectivity index is 1.87.